The molecule has 0 saturated carbocycles. The van der Waals surface area contributed by atoms with Crippen molar-refractivity contribution in [2.24, 2.45) is 0 Å². The maximum absolute atomic E-state index is 2.49. The highest BCUT2D eigenvalue weighted by atomic mass is 15.2. The van der Waals surface area contributed by atoms with Crippen molar-refractivity contribution in [1.29, 1.82) is 0 Å². The third-order valence-electron chi connectivity index (χ3n) is 13.3. The van der Waals surface area contributed by atoms with Gasteiger partial charge in [0.2, 0.25) is 0 Å². The molecule has 1 spiro atoms. The number of aryl methyl sites for hydroxylation is 1. The van der Waals surface area contributed by atoms with E-state index in [1.807, 2.05) is 0 Å². The van der Waals surface area contributed by atoms with Crippen LogP contribution in [0.4, 0.5) is 51.2 Å². The summed E-state index contributed by atoms with van der Waals surface area (Å²) in [5.74, 6) is 0. The van der Waals surface area contributed by atoms with Crippen molar-refractivity contribution in [3.05, 3.63) is 283 Å². The summed E-state index contributed by atoms with van der Waals surface area (Å²) in [4.78, 5) is 7.19. The SMILES string of the molecule is Cc1ccc(N(c2ccccc2)c2cccc(N(c3cccc(N(c4ccccc4)c4ccccc4)c3)c3cccc4c3-c3ccccc3C43c4ccccc4-c4ccccc43)c2)cc1. The van der Waals surface area contributed by atoms with Crippen molar-refractivity contribution in [1.82, 2.24) is 0 Å². The van der Waals surface area contributed by atoms with E-state index in [0.717, 1.165) is 51.2 Å². The second-order valence-corrected chi connectivity index (χ2v) is 17.0. The van der Waals surface area contributed by atoms with E-state index < -0.39 is 5.41 Å². The Morgan fingerprint density at radius 2 is 0.600 bits per heavy atom. The molecule has 10 aromatic carbocycles. The van der Waals surface area contributed by atoms with E-state index in [2.05, 4.69) is 276 Å². The van der Waals surface area contributed by atoms with Gasteiger partial charge in [0.1, 0.15) is 0 Å². The van der Waals surface area contributed by atoms with Gasteiger partial charge in [0.25, 0.3) is 0 Å². The molecule has 65 heavy (non-hydrogen) atoms. The maximum atomic E-state index is 2.49. The molecule has 0 unspecified atom stereocenters. The Kier molecular flexibility index (Phi) is 9.28. The van der Waals surface area contributed by atoms with Crippen molar-refractivity contribution < 1.29 is 0 Å². The van der Waals surface area contributed by atoms with E-state index in [0.29, 0.717) is 0 Å². The van der Waals surface area contributed by atoms with Crippen molar-refractivity contribution in [2.45, 2.75) is 12.3 Å². The second kappa shape index (κ2) is 15.7. The van der Waals surface area contributed by atoms with Gasteiger partial charge >= 0.3 is 0 Å². The zero-order valence-electron chi connectivity index (χ0n) is 36.1. The topological polar surface area (TPSA) is 9.72 Å². The summed E-state index contributed by atoms with van der Waals surface area (Å²) in [6.07, 6.45) is 0. The molecule has 0 radical (unpaired) electrons. The van der Waals surface area contributed by atoms with Crippen LogP contribution in [0.15, 0.2) is 255 Å². The first-order chi connectivity index (χ1) is 32.2. The van der Waals surface area contributed by atoms with Crippen molar-refractivity contribution in [2.75, 3.05) is 14.7 Å². The number of rotatable bonds is 9. The van der Waals surface area contributed by atoms with Crippen LogP contribution >= 0.6 is 0 Å². The number of nitrogens with zero attached hydrogens (tertiary/aromatic N) is 3. The maximum Gasteiger partial charge on any atom is 0.0726 e. The largest absolute Gasteiger partial charge is 0.310 e. The Morgan fingerprint density at radius 1 is 0.262 bits per heavy atom. The van der Waals surface area contributed by atoms with Gasteiger partial charge < -0.3 is 14.7 Å². The van der Waals surface area contributed by atoms with Crippen LogP contribution in [-0.2, 0) is 5.41 Å². The molecule has 12 rings (SSSR count). The predicted octanol–water partition coefficient (Wildman–Crippen LogP) is 16.7. The fraction of sp³-hybridized carbons (Fsp3) is 0.0323. The molecule has 2 aliphatic carbocycles. The summed E-state index contributed by atoms with van der Waals surface area (Å²) in [6.45, 7) is 2.14. The fourth-order valence-electron chi connectivity index (χ4n) is 10.6. The molecule has 308 valence electrons. The molecule has 0 N–H and O–H groups in total. The summed E-state index contributed by atoms with van der Waals surface area (Å²) >= 11 is 0. The second-order valence-electron chi connectivity index (χ2n) is 17.0. The van der Waals surface area contributed by atoms with Crippen LogP contribution in [0.1, 0.15) is 27.8 Å². The first-order valence-electron chi connectivity index (χ1n) is 22.4. The van der Waals surface area contributed by atoms with Crippen LogP contribution in [0.25, 0.3) is 22.3 Å². The highest BCUT2D eigenvalue weighted by Gasteiger charge is 2.52. The smallest absolute Gasteiger partial charge is 0.0726 e. The van der Waals surface area contributed by atoms with Crippen LogP contribution in [0.3, 0.4) is 0 Å². The molecule has 0 amide bonds. The van der Waals surface area contributed by atoms with E-state index in [4.69, 9.17) is 0 Å². The van der Waals surface area contributed by atoms with Gasteiger partial charge in [0.15, 0.2) is 0 Å². The standard InChI is InChI=1S/C62H45N3/c1-44-38-40-48(41-39-44)64(47-24-9-4-10-25-47)50-27-18-29-52(43-50)65(51-28-17-26-49(42-51)63(45-20-5-2-6-21-45)46-22-7-3-8-23-46)60-37-19-36-59-61(60)55-32-13-16-35-58(55)62(59)56-33-14-11-30-53(56)54-31-12-15-34-57(54)62/h2-43H,1H3. The molecule has 10 aromatic rings. The Morgan fingerprint density at radius 3 is 1.08 bits per heavy atom. The molecule has 0 aliphatic heterocycles. The van der Waals surface area contributed by atoms with Gasteiger partial charge in [-0.05, 0) is 137 Å². The summed E-state index contributed by atoms with van der Waals surface area (Å²) in [7, 11) is 0. The molecule has 0 aromatic heterocycles. The molecule has 3 nitrogen and oxygen atoms in total. The van der Waals surface area contributed by atoms with Crippen LogP contribution in [0.2, 0.25) is 0 Å². The van der Waals surface area contributed by atoms with Gasteiger partial charge in [0, 0.05) is 51.1 Å². The lowest BCUT2D eigenvalue weighted by Gasteiger charge is -2.33. The van der Waals surface area contributed by atoms with E-state index in [1.54, 1.807) is 0 Å². The van der Waals surface area contributed by atoms with Gasteiger partial charge in [-0.1, -0.05) is 169 Å². The third-order valence-corrected chi connectivity index (χ3v) is 13.3. The van der Waals surface area contributed by atoms with Crippen LogP contribution in [0, 0.1) is 6.92 Å². The van der Waals surface area contributed by atoms with Crippen molar-refractivity contribution >= 4 is 51.2 Å². The average Bonchev–Trinajstić information content (AvgIpc) is 3.84. The molecule has 0 saturated heterocycles. The first kappa shape index (κ1) is 38.3. The third kappa shape index (κ3) is 6.19. The average molecular weight is 832 g/mol. The van der Waals surface area contributed by atoms with Crippen LogP contribution in [0.5, 0.6) is 0 Å². The quantitative estimate of drug-likeness (QED) is 0.143. The van der Waals surface area contributed by atoms with Gasteiger partial charge in [-0.3, -0.25) is 0 Å². The Balaban J connectivity index is 1.12. The lowest BCUT2D eigenvalue weighted by Crippen LogP contribution is -2.26. The molecular weight excluding hydrogens is 787 g/mol. The van der Waals surface area contributed by atoms with Crippen molar-refractivity contribution in [3.63, 3.8) is 0 Å². The van der Waals surface area contributed by atoms with Crippen LogP contribution < -0.4 is 14.7 Å². The van der Waals surface area contributed by atoms with Gasteiger partial charge in [-0.2, -0.15) is 0 Å². The Bertz CT molecular complexity index is 3260. The highest BCUT2D eigenvalue weighted by molar-refractivity contribution is 6.01. The lowest BCUT2D eigenvalue weighted by atomic mass is 9.70. The fourth-order valence-corrected chi connectivity index (χ4v) is 10.6. The number of fused-ring (bicyclic) bond motifs is 10. The van der Waals surface area contributed by atoms with E-state index in [9.17, 15) is 0 Å². The molecular formula is C62H45N3. The summed E-state index contributed by atoms with van der Waals surface area (Å²) in [5, 5.41) is 0. The first-order valence-corrected chi connectivity index (χ1v) is 22.4. The van der Waals surface area contributed by atoms with E-state index >= 15 is 0 Å². The minimum absolute atomic E-state index is 0.475. The summed E-state index contributed by atoms with van der Waals surface area (Å²) in [5.41, 5.74) is 20.9. The number of hydrogen-bond acceptors (Lipinski definition) is 3. The van der Waals surface area contributed by atoms with Gasteiger partial charge in [0.05, 0.1) is 11.1 Å². The Labute approximate surface area is 381 Å². The number of hydrogen-bond donors (Lipinski definition) is 0. The molecule has 0 bridgehead atoms. The minimum atomic E-state index is -0.475. The monoisotopic (exact) mass is 831 g/mol. The zero-order valence-corrected chi connectivity index (χ0v) is 36.1. The zero-order chi connectivity index (χ0) is 43.3. The van der Waals surface area contributed by atoms with Gasteiger partial charge in [-0.15, -0.1) is 0 Å². The van der Waals surface area contributed by atoms with Crippen LogP contribution in [-0.4, -0.2) is 0 Å². The highest BCUT2D eigenvalue weighted by Crippen LogP contribution is 2.64. The number of benzene rings is 10. The Hall–Kier alpha value is -8.40. The predicted molar refractivity (Wildman–Crippen MR) is 272 cm³/mol. The lowest BCUT2D eigenvalue weighted by molar-refractivity contribution is 0.794. The van der Waals surface area contributed by atoms with E-state index in [-0.39, 0.29) is 0 Å². The number of para-hydroxylation sites is 3. The van der Waals surface area contributed by atoms with Crippen molar-refractivity contribution in [3.8, 4) is 22.3 Å². The van der Waals surface area contributed by atoms with E-state index in [1.165, 1.54) is 50.1 Å². The number of anilines is 9. The van der Waals surface area contributed by atoms with Gasteiger partial charge in [-0.25, -0.2) is 0 Å². The molecule has 3 heteroatoms. The molecule has 0 atom stereocenters. The molecule has 2 aliphatic rings. The minimum Gasteiger partial charge on any atom is -0.310 e. The summed E-state index contributed by atoms with van der Waals surface area (Å²) < 4.78 is 0. The normalized spacial score (nSPS) is 12.5. The summed E-state index contributed by atoms with van der Waals surface area (Å²) in [6, 6.07) is 93.1. The molecule has 0 fully saturated rings. The molecule has 0 heterocycles.